The average molecular weight is 344 g/mol. The fourth-order valence-corrected chi connectivity index (χ4v) is 3.19. The van der Waals surface area contributed by atoms with Gasteiger partial charge in [-0.25, -0.2) is 4.79 Å². The maximum atomic E-state index is 12.5. The standard InChI is InChI=1S/C17H20N4O4/c1-11(18-13(22)12-5-3-2-4-6-12)14(23)21-9-7-17(8-10-21)15(24)19-16(25)20-17/h2-6,11H,7-10H2,1H3,(H,18,22)(H2,19,20,24,25)/t11-/m0/s1. The van der Waals surface area contributed by atoms with E-state index in [1.807, 2.05) is 6.07 Å². The predicted molar refractivity (Wildman–Crippen MR) is 88.6 cm³/mol. The van der Waals surface area contributed by atoms with Gasteiger partial charge in [0.1, 0.15) is 11.6 Å². The van der Waals surface area contributed by atoms with Gasteiger partial charge in [-0.1, -0.05) is 18.2 Å². The Morgan fingerprint density at radius 1 is 1.16 bits per heavy atom. The lowest BCUT2D eigenvalue weighted by Crippen LogP contribution is -2.58. The Balaban J connectivity index is 1.56. The Labute approximate surface area is 144 Å². The summed E-state index contributed by atoms with van der Waals surface area (Å²) < 4.78 is 0. The Hall–Kier alpha value is -2.90. The van der Waals surface area contributed by atoms with Crippen LogP contribution in [-0.2, 0) is 9.59 Å². The Morgan fingerprint density at radius 3 is 2.36 bits per heavy atom. The smallest absolute Gasteiger partial charge is 0.322 e. The molecule has 0 bridgehead atoms. The highest BCUT2D eigenvalue weighted by Crippen LogP contribution is 2.25. The zero-order chi connectivity index (χ0) is 18.0. The van der Waals surface area contributed by atoms with Crippen molar-refractivity contribution in [2.24, 2.45) is 0 Å². The van der Waals surface area contributed by atoms with E-state index >= 15 is 0 Å². The molecule has 0 aromatic heterocycles. The number of piperidine rings is 1. The van der Waals surface area contributed by atoms with Crippen molar-refractivity contribution in [1.29, 1.82) is 0 Å². The third kappa shape index (κ3) is 3.33. The van der Waals surface area contributed by atoms with Gasteiger partial charge in [0.15, 0.2) is 0 Å². The third-order valence-electron chi connectivity index (χ3n) is 4.70. The van der Waals surface area contributed by atoms with E-state index in [1.165, 1.54) is 0 Å². The number of likely N-dealkylation sites (tertiary alicyclic amines) is 1. The minimum absolute atomic E-state index is 0.205. The van der Waals surface area contributed by atoms with Gasteiger partial charge < -0.3 is 15.5 Å². The number of amides is 5. The van der Waals surface area contributed by atoms with Gasteiger partial charge in [-0.2, -0.15) is 0 Å². The second-order valence-electron chi connectivity index (χ2n) is 6.38. The predicted octanol–water partition coefficient (Wildman–Crippen LogP) is 0.00550. The molecule has 3 rings (SSSR count). The van der Waals surface area contributed by atoms with E-state index in [-0.39, 0.29) is 17.7 Å². The largest absolute Gasteiger partial charge is 0.341 e. The van der Waals surface area contributed by atoms with Crippen LogP contribution in [0, 0.1) is 0 Å². The summed E-state index contributed by atoms with van der Waals surface area (Å²) in [6, 6.07) is 7.52. The summed E-state index contributed by atoms with van der Waals surface area (Å²) >= 11 is 0. The number of imide groups is 1. The minimum Gasteiger partial charge on any atom is -0.341 e. The number of hydrogen-bond acceptors (Lipinski definition) is 4. The number of carbonyl (C=O) groups excluding carboxylic acids is 4. The maximum Gasteiger partial charge on any atom is 0.322 e. The molecule has 5 amide bonds. The van der Waals surface area contributed by atoms with Crippen molar-refractivity contribution in [3.8, 4) is 0 Å². The van der Waals surface area contributed by atoms with Gasteiger partial charge in [0.25, 0.3) is 11.8 Å². The molecule has 1 atom stereocenters. The summed E-state index contributed by atoms with van der Waals surface area (Å²) in [6.45, 7) is 2.33. The van der Waals surface area contributed by atoms with Crippen LogP contribution in [0.1, 0.15) is 30.1 Å². The molecule has 0 radical (unpaired) electrons. The molecule has 0 saturated carbocycles. The zero-order valence-electron chi connectivity index (χ0n) is 13.9. The van der Waals surface area contributed by atoms with Crippen LogP contribution in [0.2, 0.25) is 0 Å². The first-order valence-electron chi connectivity index (χ1n) is 8.20. The number of benzene rings is 1. The topological polar surface area (TPSA) is 108 Å². The number of nitrogens with zero attached hydrogens (tertiary/aromatic N) is 1. The SMILES string of the molecule is C[C@H](NC(=O)c1ccccc1)C(=O)N1CCC2(CC1)NC(=O)NC2=O. The molecule has 2 aliphatic heterocycles. The molecule has 0 unspecified atom stereocenters. The lowest BCUT2D eigenvalue weighted by atomic mass is 9.87. The molecule has 8 heteroatoms. The van der Waals surface area contributed by atoms with Gasteiger partial charge in [-0.05, 0) is 31.9 Å². The molecule has 2 aliphatic rings. The van der Waals surface area contributed by atoms with Crippen LogP contribution in [0.3, 0.4) is 0 Å². The molecule has 2 heterocycles. The summed E-state index contributed by atoms with van der Waals surface area (Å²) in [5.41, 5.74) is -0.421. The summed E-state index contributed by atoms with van der Waals surface area (Å²) in [7, 11) is 0. The van der Waals surface area contributed by atoms with Crippen molar-refractivity contribution in [3.05, 3.63) is 35.9 Å². The first kappa shape index (κ1) is 16.9. The molecule has 8 nitrogen and oxygen atoms in total. The van der Waals surface area contributed by atoms with Crippen molar-refractivity contribution in [2.45, 2.75) is 31.3 Å². The molecule has 2 saturated heterocycles. The monoisotopic (exact) mass is 344 g/mol. The van der Waals surface area contributed by atoms with Crippen LogP contribution in [0.25, 0.3) is 0 Å². The maximum absolute atomic E-state index is 12.5. The minimum atomic E-state index is -0.912. The van der Waals surface area contributed by atoms with Gasteiger partial charge in [0.05, 0.1) is 0 Å². The number of rotatable bonds is 3. The number of nitrogens with one attached hydrogen (secondary N) is 3. The van der Waals surface area contributed by atoms with Crippen LogP contribution in [0.4, 0.5) is 4.79 Å². The lowest BCUT2D eigenvalue weighted by molar-refractivity contribution is -0.137. The van der Waals surface area contributed by atoms with Crippen LogP contribution in [0.15, 0.2) is 30.3 Å². The van der Waals surface area contributed by atoms with E-state index in [4.69, 9.17) is 0 Å². The molecular formula is C17H20N4O4. The molecule has 1 aromatic carbocycles. The first-order valence-corrected chi connectivity index (χ1v) is 8.20. The Kier molecular flexibility index (Phi) is 4.43. The van der Waals surface area contributed by atoms with Crippen molar-refractivity contribution < 1.29 is 19.2 Å². The molecule has 1 spiro atoms. The molecule has 0 aliphatic carbocycles. The fourth-order valence-electron chi connectivity index (χ4n) is 3.19. The lowest BCUT2D eigenvalue weighted by Gasteiger charge is -2.38. The van der Waals surface area contributed by atoms with E-state index in [2.05, 4.69) is 16.0 Å². The average Bonchev–Trinajstić information content (AvgIpc) is 2.88. The number of urea groups is 1. The van der Waals surface area contributed by atoms with Crippen LogP contribution in [0.5, 0.6) is 0 Å². The number of carbonyl (C=O) groups is 4. The van der Waals surface area contributed by atoms with E-state index in [1.54, 1.807) is 36.1 Å². The molecule has 3 N–H and O–H groups in total. The van der Waals surface area contributed by atoms with Gasteiger partial charge >= 0.3 is 6.03 Å². The molecule has 25 heavy (non-hydrogen) atoms. The van der Waals surface area contributed by atoms with Gasteiger partial charge in [-0.3, -0.25) is 19.7 Å². The van der Waals surface area contributed by atoms with Crippen LogP contribution >= 0.6 is 0 Å². The molecule has 132 valence electrons. The summed E-state index contributed by atoms with van der Waals surface area (Å²) in [4.78, 5) is 49.5. The molecule has 1 aromatic rings. The Bertz CT molecular complexity index is 711. The third-order valence-corrected chi connectivity index (χ3v) is 4.70. The molecular weight excluding hydrogens is 324 g/mol. The van der Waals surface area contributed by atoms with E-state index in [0.717, 1.165) is 0 Å². The zero-order valence-corrected chi connectivity index (χ0v) is 13.9. The molecule has 2 fully saturated rings. The summed E-state index contributed by atoms with van der Waals surface area (Å²) in [5, 5.41) is 7.58. The first-order chi connectivity index (χ1) is 11.9. The van der Waals surface area contributed by atoms with Gasteiger partial charge in [-0.15, -0.1) is 0 Å². The highest BCUT2D eigenvalue weighted by molar-refractivity contribution is 6.07. The normalized spacial score (nSPS) is 20.0. The van der Waals surface area contributed by atoms with Gasteiger partial charge in [0, 0.05) is 18.7 Å². The van der Waals surface area contributed by atoms with Crippen LogP contribution < -0.4 is 16.0 Å². The van der Waals surface area contributed by atoms with E-state index in [0.29, 0.717) is 31.5 Å². The Morgan fingerprint density at radius 2 is 1.80 bits per heavy atom. The summed E-state index contributed by atoms with van der Waals surface area (Å²) in [5.74, 6) is -0.851. The van der Waals surface area contributed by atoms with Crippen molar-refractivity contribution in [2.75, 3.05) is 13.1 Å². The van der Waals surface area contributed by atoms with Crippen molar-refractivity contribution in [1.82, 2.24) is 20.9 Å². The second-order valence-corrected chi connectivity index (χ2v) is 6.38. The van der Waals surface area contributed by atoms with Gasteiger partial charge in [0.2, 0.25) is 5.91 Å². The quantitative estimate of drug-likeness (QED) is 0.671. The second kappa shape index (κ2) is 6.54. The highest BCUT2D eigenvalue weighted by atomic mass is 16.2. The summed E-state index contributed by atoms with van der Waals surface area (Å²) in [6.07, 6.45) is 0.714. The van der Waals surface area contributed by atoms with E-state index < -0.39 is 17.6 Å². The fraction of sp³-hybridized carbons (Fsp3) is 0.412. The van der Waals surface area contributed by atoms with Crippen LogP contribution in [-0.4, -0.2) is 53.3 Å². The van der Waals surface area contributed by atoms with Crippen molar-refractivity contribution in [3.63, 3.8) is 0 Å². The number of hydrogen-bond donors (Lipinski definition) is 3. The van der Waals surface area contributed by atoms with Crippen molar-refractivity contribution >= 4 is 23.8 Å². The van der Waals surface area contributed by atoms with E-state index in [9.17, 15) is 19.2 Å². The highest BCUT2D eigenvalue weighted by Gasteiger charge is 2.48.